The molecule has 2 aromatic heterocycles. The van der Waals surface area contributed by atoms with E-state index in [9.17, 15) is 14.4 Å². The average molecular weight is 425 g/mol. The number of hydrogen-bond donors (Lipinski definition) is 1. The molecule has 150 valence electrons. The minimum Gasteiger partial charge on any atom is -0.462 e. The molecule has 2 aromatic rings. The normalized spacial score (nSPS) is 11.1. The number of anilines is 1. The van der Waals surface area contributed by atoms with Crippen molar-refractivity contribution in [3.05, 3.63) is 45.1 Å². The van der Waals surface area contributed by atoms with Gasteiger partial charge in [-0.25, -0.2) is 14.6 Å². The van der Waals surface area contributed by atoms with E-state index in [1.807, 2.05) is 0 Å². The van der Waals surface area contributed by atoms with Crippen molar-refractivity contribution >= 4 is 45.8 Å². The summed E-state index contributed by atoms with van der Waals surface area (Å²) in [4.78, 5) is 41.6. The minimum absolute atomic E-state index is 0.0262. The molecular weight excluding hydrogens is 404 g/mol. The molecule has 0 aliphatic carbocycles. The number of aromatic nitrogens is 1. The third kappa shape index (κ3) is 5.08. The fourth-order valence-corrected chi connectivity index (χ4v) is 3.57. The Hall–Kier alpha value is -2.45. The van der Waals surface area contributed by atoms with E-state index in [-0.39, 0.29) is 32.8 Å². The number of carbonyl (C=O) groups is 3. The van der Waals surface area contributed by atoms with Gasteiger partial charge in [0.2, 0.25) is 0 Å². The summed E-state index contributed by atoms with van der Waals surface area (Å²) in [5.41, 5.74) is -0.0697. The number of hydrogen-bond acceptors (Lipinski definition) is 7. The number of thiophene rings is 1. The van der Waals surface area contributed by atoms with Crippen LogP contribution in [0.15, 0.2) is 18.3 Å². The number of ether oxygens (including phenoxy) is 2. The van der Waals surface area contributed by atoms with Gasteiger partial charge in [0.05, 0.1) is 17.7 Å². The molecular formula is C19H21ClN2O5S. The van der Waals surface area contributed by atoms with Gasteiger partial charge >= 0.3 is 11.9 Å². The lowest BCUT2D eigenvalue weighted by Crippen LogP contribution is -2.23. The summed E-state index contributed by atoms with van der Waals surface area (Å²) in [6.45, 7) is 8.65. The molecule has 0 aliphatic heterocycles. The molecule has 0 radical (unpaired) electrons. The Morgan fingerprint density at radius 3 is 2.50 bits per heavy atom. The molecule has 1 amide bonds. The van der Waals surface area contributed by atoms with Crippen LogP contribution in [-0.4, -0.2) is 35.0 Å². The van der Waals surface area contributed by atoms with Crippen LogP contribution in [-0.2, 0) is 9.47 Å². The van der Waals surface area contributed by atoms with Gasteiger partial charge in [-0.1, -0.05) is 11.6 Å². The van der Waals surface area contributed by atoms with Gasteiger partial charge in [-0.3, -0.25) is 4.79 Å². The predicted octanol–water partition coefficient (Wildman–Crippen LogP) is 4.49. The largest absolute Gasteiger partial charge is 0.462 e. The number of amides is 1. The first-order chi connectivity index (χ1) is 13.0. The SMILES string of the molecule is CCOC(=O)c1c(NC(=O)c2cccnc2Cl)sc(C(=O)OC(C)(C)C)c1C. The highest BCUT2D eigenvalue weighted by molar-refractivity contribution is 7.18. The lowest BCUT2D eigenvalue weighted by molar-refractivity contribution is 0.00744. The third-order valence-electron chi connectivity index (χ3n) is 3.44. The number of rotatable bonds is 5. The molecule has 7 nitrogen and oxygen atoms in total. The Bertz CT molecular complexity index is 918. The topological polar surface area (TPSA) is 94.6 Å². The standard InChI is InChI=1S/C19H21ClN2O5S/c1-6-26-17(24)12-10(2)13(18(25)27-19(3,4)5)28-16(12)22-15(23)11-8-7-9-21-14(11)20/h7-9H,6H2,1-5H3,(H,22,23). The number of esters is 2. The molecule has 0 atom stereocenters. The highest BCUT2D eigenvalue weighted by Gasteiger charge is 2.29. The Morgan fingerprint density at radius 2 is 1.93 bits per heavy atom. The zero-order chi connectivity index (χ0) is 21.1. The summed E-state index contributed by atoms with van der Waals surface area (Å²) in [6.07, 6.45) is 1.46. The van der Waals surface area contributed by atoms with Gasteiger partial charge in [-0.2, -0.15) is 0 Å². The van der Waals surface area contributed by atoms with Gasteiger partial charge in [-0.15, -0.1) is 11.3 Å². The second kappa shape index (κ2) is 8.70. The van der Waals surface area contributed by atoms with Gasteiger partial charge in [-0.05, 0) is 52.3 Å². The van der Waals surface area contributed by atoms with Crippen molar-refractivity contribution in [3.63, 3.8) is 0 Å². The van der Waals surface area contributed by atoms with Gasteiger partial charge < -0.3 is 14.8 Å². The lowest BCUT2D eigenvalue weighted by Gasteiger charge is -2.19. The fraction of sp³-hybridized carbons (Fsp3) is 0.368. The van der Waals surface area contributed by atoms with Gasteiger partial charge in [0.15, 0.2) is 0 Å². The van der Waals surface area contributed by atoms with Crippen molar-refractivity contribution < 1.29 is 23.9 Å². The van der Waals surface area contributed by atoms with Crippen LogP contribution >= 0.6 is 22.9 Å². The molecule has 0 fully saturated rings. The maximum Gasteiger partial charge on any atom is 0.349 e. The summed E-state index contributed by atoms with van der Waals surface area (Å²) in [5.74, 6) is -1.78. The first-order valence-corrected chi connectivity index (χ1v) is 9.70. The molecule has 0 spiro atoms. The van der Waals surface area contributed by atoms with Crippen LogP contribution in [0.25, 0.3) is 0 Å². The Balaban J connectivity index is 2.45. The van der Waals surface area contributed by atoms with Crippen molar-refractivity contribution in [3.8, 4) is 0 Å². The summed E-state index contributed by atoms with van der Waals surface area (Å²) >= 11 is 6.91. The van der Waals surface area contributed by atoms with Crippen LogP contribution in [0.5, 0.6) is 0 Å². The van der Waals surface area contributed by atoms with E-state index in [4.69, 9.17) is 21.1 Å². The summed E-state index contributed by atoms with van der Waals surface area (Å²) in [5, 5.41) is 2.84. The zero-order valence-corrected chi connectivity index (χ0v) is 17.8. The Kier molecular flexibility index (Phi) is 6.79. The van der Waals surface area contributed by atoms with E-state index in [0.29, 0.717) is 5.56 Å². The van der Waals surface area contributed by atoms with Crippen LogP contribution in [0, 0.1) is 6.92 Å². The maximum absolute atomic E-state index is 12.6. The smallest absolute Gasteiger partial charge is 0.349 e. The molecule has 0 aliphatic rings. The molecule has 2 heterocycles. The minimum atomic E-state index is -0.704. The van der Waals surface area contributed by atoms with Crippen molar-refractivity contribution in [1.29, 1.82) is 0 Å². The summed E-state index contributed by atoms with van der Waals surface area (Å²) in [7, 11) is 0. The van der Waals surface area contributed by atoms with E-state index in [2.05, 4.69) is 10.3 Å². The number of carbonyl (C=O) groups excluding carboxylic acids is 3. The molecule has 0 aromatic carbocycles. The van der Waals surface area contributed by atoms with E-state index in [0.717, 1.165) is 11.3 Å². The summed E-state index contributed by atoms with van der Waals surface area (Å²) < 4.78 is 10.5. The van der Waals surface area contributed by atoms with Crippen LogP contribution in [0.2, 0.25) is 5.15 Å². The average Bonchev–Trinajstić information content (AvgIpc) is 2.90. The fourth-order valence-electron chi connectivity index (χ4n) is 2.30. The quantitative estimate of drug-likeness (QED) is 0.561. The second-order valence-electron chi connectivity index (χ2n) is 6.78. The van der Waals surface area contributed by atoms with E-state index >= 15 is 0 Å². The monoisotopic (exact) mass is 424 g/mol. The highest BCUT2D eigenvalue weighted by Crippen LogP contribution is 2.35. The molecule has 0 saturated carbocycles. The third-order valence-corrected chi connectivity index (χ3v) is 4.93. The molecule has 0 bridgehead atoms. The van der Waals surface area contributed by atoms with E-state index in [1.165, 1.54) is 12.3 Å². The van der Waals surface area contributed by atoms with Crippen LogP contribution in [0.1, 0.15) is 63.6 Å². The molecule has 0 unspecified atom stereocenters. The van der Waals surface area contributed by atoms with Gasteiger partial charge in [0, 0.05) is 6.20 Å². The van der Waals surface area contributed by atoms with E-state index < -0.39 is 23.4 Å². The molecule has 28 heavy (non-hydrogen) atoms. The highest BCUT2D eigenvalue weighted by atomic mass is 35.5. The summed E-state index contributed by atoms with van der Waals surface area (Å²) in [6, 6.07) is 3.07. The van der Waals surface area contributed by atoms with Crippen LogP contribution < -0.4 is 5.32 Å². The zero-order valence-electron chi connectivity index (χ0n) is 16.2. The van der Waals surface area contributed by atoms with Crippen molar-refractivity contribution in [2.75, 3.05) is 11.9 Å². The first kappa shape index (κ1) is 21.8. The van der Waals surface area contributed by atoms with Gasteiger partial charge in [0.25, 0.3) is 5.91 Å². The lowest BCUT2D eigenvalue weighted by atomic mass is 10.1. The number of nitrogens with one attached hydrogen (secondary N) is 1. The second-order valence-corrected chi connectivity index (χ2v) is 8.16. The van der Waals surface area contributed by atoms with Crippen molar-refractivity contribution in [2.24, 2.45) is 0 Å². The van der Waals surface area contributed by atoms with Crippen molar-refractivity contribution in [1.82, 2.24) is 4.98 Å². The number of halogens is 1. The number of nitrogens with zero attached hydrogens (tertiary/aromatic N) is 1. The van der Waals surface area contributed by atoms with Gasteiger partial charge in [0.1, 0.15) is 20.6 Å². The molecule has 9 heteroatoms. The van der Waals surface area contributed by atoms with Crippen LogP contribution in [0.3, 0.4) is 0 Å². The molecule has 2 rings (SSSR count). The maximum atomic E-state index is 12.6. The Labute approximate surface area is 172 Å². The van der Waals surface area contributed by atoms with Crippen molar-refractivity contribution in [2.45, 2.75) is 40.2 Å². The van der Waals surface area contributed by atoms with Crippen LogP contribution in [0.4, 0.5) is 5.00 Å². The predicted molar refractivity (Wildman–Crippen MR) is 107 cm³/mol. The molecule has 0 saturated heterocycles. The first-order valence-electron chi connectivity index (χ1n) is 8.50. The Morgan fingerprint density at radius 1 is 1.25 bits per heavy atom. The number of pyridine rings is 1. The van der Waals surface area contributed by atoms with E-state index in [1.54, 1.807) is 40.7 Å². The molecule has 1 N–H and O–H groups in total.